The molecule has 0 radical (unpaired) electrons. The summed E-state index contributed by atoms with van der Waals surface area (Å²) in [6.07, 6.45) is 9.37. The van der Waals surface area contributed by atoms with Crippen molar-refractivity contribution in [1.82, 2.24) is 4.90 Å². The van der Waals surface area contributed by atoms with E-state index in [-0.39, 0.29) is 28.8 Å². The molecule has 0 aromatic rings. The van der Waals surface area contributed by atoms with Crippen LogP contribution >= 0.6 is 0 Å². The van der Waals surface area contributed by atoms with Crippen LogP contribution in [0.1, 0.15) is 64.7 Å². The van der Waals surface area contributed by atoms with Crippen molar-refractivity contribution in [2.45, 2.75) is 81.9 Å². The van der Waals surface area contributed by atoms with Gasteiger partial charge < -0.3 is 10.0 Å². The fourth-order valence-corrected chi connectivity index (χ4v) is 8.23. The predicted octanol–water partition coefficient (Wildman–Crippen LogP) is 2.61. The zero-order valence-corrected chi connectivity index (χ0v) is 14.4. The number of aliphatic hydroxyl groups is 1. The molecule has 4 unspecified atom stereocenters. The molecule has 7 aliphatic rings. The Labute approximate surface area is 143 Å². The summed E-state index contributed by atoms with van der Waals surface area (Å²) < 4.78 is 0. The standard InChI is InChI=1S/C20H26N2O2/c1-12(16(23)22-15(8-21)7-18-10-20(18,22)11-18)17-3-13-2-14(4-17)6-19(24,5-13)9-17/h12-15,24H,2-7,9-11H2,1H3. The van der Waals surface area contributed by atoms with Gasteiger partial charge in [-0.3, -0.25) is 4.79 Å². The highest BCUT2D eigenvalue weighted by molar-refractivity contribution is 5.84. The second kappa shape index (κ2) is 3.70. The van der Waals surface area contributed by atoms with E-state index in [1.165, 1.54) is 6.42 Å². The van der Waals surface area contributed by atoms with Crippen molar-refractivity contribution < 1.29 is 9.90 Å². The molecule has 4 heteroatoms. The van der Waals surface area contributed by atoms with Crippen molar-refractivity contribution in [2.75, 3.05) is 0 Å². The maximum Gasteiger partial charge on any atom is 0.227 e. The minimum atomic E-state index is -0.514. The molecular formula is C20H26N2O2. The van der Waals surface area contributed by atoms with Gasteiger partial charge in [-0.1, -0.05) is 6.92 Å². The van der Waals surface area contributed by atoms with Gasteiger partial charge in [0.05, 0.1) is 17.2 Å². The molecule has 1 aliphatic heterocycles. The van der Waals surface area contributed by atoms with Crippen LogP contribution in [0.25, 0.3) is 0 Å². The van der Waals surface area contributed by atoms with Crippen LogP contribution in [-0.4, -0.2) is 33.1 Å². The van der Waals surface area contributed by atoms with Gasteiger partial charge in [0.1, 0.15) is 6.04 Å². The van der Waals surface area contributed by atoms with Crippen molar-refractivity contribution in [3.05, 3.63) is 0 Å². The number of amides is 1. The van der Waals surface area contributed by atoms with Crippen LogP contribution in [0, 0.1) is 39.9 Å². The fraction of sp³-hybridized carbons (Fsp3) is 0.900. The van der Waals surface area contributed by atoms with Crippen molar-refractivity contribution in [3.8, 4) is 6.07 Å². The molecule has 6 saturated carbocycles. The average molecular weight is 326 g/mol. The Morgan fingerprint density at radius 1 is 1.17 bits per heavy atom. The Balaban J connectivity index is 1.33. The topological polar surface area (TPSA) is 64.3 Å². The first-order valence-electron chi connectivity index (χ1n) is 9.80. The summed E-state index contributed by atoms with van der Waals surface area (Å²) in [6, 6.07) is 2.20. The Hall–Kier alpha value is -1.08. The van der Waals surface area contributed by atoms with Crippen LogP contribution in [0.4, 0.5) is 0 Å². The molecule has 1 amide bonds. The monoisotopic (exact) mass is 326 g/mol. The summed E-state index contributed by atoms with van der Waals surface area (Å²) in [4.78, 5) is 15.5. The van der Waals surface area contributed by atoms with Crippen LogP contribution in [-0.2, 0) is 4.79 Å². The Morgan fingerprint density at radius 3 is 2.42 bits per heavy atom. The summed E-state index contributed by atoms with van der Waals surface area (Å²) in [5, 5.41) is 20.5. The van der Waals surface area contributed by atoms with Crippen LogP contribution < -0.4 is 0 Å². The molecule has 0 aromatic heterocycles. The van der Waals surface area contributed by atoms with Crippen LogP contribution in [0.2, 0.25) is 0 Å². The maximum atomic E-state index is 13.5. The van der Waals surface area contributed by atoms with Gasteiger partial charge in [-0.15, -0.1) is 0 Å². The molecular weight excluding hydrogens is 300 g/mol. The summed E-state index contributed by atoms with van der Waals surface area (Å²) in [5.41, 5.74) is -0.110. The molecule has 1 heterocycles. The molecule has 24 heavy (non-hydrogen) atoms. The maximum absolute atomic E-state index is 13.5. The molecule has 0 aromatic carbocycles. The first kappa shape index (κ1) is 14.1. The van der Waals surface area contributed by atoms with Crippen molar-refractivity contribution in [3.63, 3.8) is 0 Å². The summed E-state index contributed by atoms with van der Waals surface area (Å²) in [6.45, 7) is 2.11. The number of hydrogen-bond acceptors (Lipinski definition) is 3. The zero-order valence-electron chi connectivity index (χ0n) is 14.4. The Morgan fingerprint density at radius 2 is 1.83 bits per heavy atom. The highest BCUT2D eigenvalue weighted by Crippen LogP contribution is 2.87. The van der Waals surface area contributed by atoms with Gasteiger partial charge in [0.15, 0.2) is 0 Å². The second-order valence-electron chi connectivity index (χ2n) is 10.5. The van der Waals surface area contributed by atoms with E-state index in [1.54, 1.807) is 0 Å². The number of piperidine rings is 2. The number of carbonyl (C=O) groups excluding carboxylic acids is 1. The number of carbonyl (C=O) groups is 1. The summed E-state index contributed by atoms with van der Waals surface area (Å²) in [7, 11) is 0. The van der Waals surface area contributed by atoms with Gasteiger partial charge in [0, 0.05) is 11.3 Å². The number of likely N-dealkylation sites (tertiary alicyclic amines) is 1. The smallest absolute Gasteiger partial charge is 0.227 e. The van der Waals surface area contributed by atoms with Crippen LogP contribution in [0.15, 0.2) is 0 Å². The molecule has 128 valence electrons. The second-order valence-corrected chi connectivity index (χ2v) is 10.5. The molecule has 4 bridgehead atoms. The van der Waals surface area contributed by atoms with Crippen molar-refractivity contribution >= 4 is 5.91 Å². The lowest BCUT2D eigenvalue weighted by Crippen LogP contribution is -2.60. The van der Waals surface area contributed by atoms with E-state index >= 15 is 0 Å². The molecule has 4 nitrogen and oxygen atoms in total. The van der Waals surface area contributed by atoms with Gasteiger partial charge >= 0.3 is 0 Å². The highest BCUT2D eigenvalue weighted by atomic mass is 16.3. The lowest BCUT2D eigenvalue weighted by atomic mass is 9.45. The normalized spacial score (nSPS) is 59.5. The Bertz CT molecular complexity index is 687. The first-order chi connectivity index (χ1) is 11.3. The molecule has 7 fully saturated rings. The van der Waals surface area contributed by atoms with E-state index in [0.29, 0.717) is 17.3 Å². The van der Waals surface area contributed by atoms with Gasteiger partial charge in [-0.25, -0.2) is 0 Å². The third kappa shape index (κ3) is 1.40. The van der Waals surface area contributed by atoms with E-state index in [1.807, 2.05) is 4.90 Å². The Kier molecular flexibility index (Phi) is 2.18. The van der Waals surface area contributed by atoms with E-state index in [9.17, 15) is 15.2 Å². The number of nitrogens with zero attached hydrogens (tertiary/aromatic N) is 2. The quantitative estimate of drug-likeness (QED) is 0.848. The largest absolute Gasteiger partial charge is 0.390 e. The van der Waals surface area contributed by atoms with Gasteiger partial charge in [-0.05, 0) is 75.0 Å². The van der Waals surface area contributed by atoms with Gasteiger partial charge in [0.25, 0.3) is 0 Å². The average Bonchev–Trinajstić information content (AvgIpc) is 3.25. The molecule has 6 aliphatic carbocycles. The van der Waals surface area contributed by atoms with Crippen LogP contribution in [0.3, 0.4) is 0 Å². The minimum absolute atomic E-state index is 0.0123. The highest BCUT2D eigenvalue weighted by Gasteiger charge is 2.91. The molecule has 1 saturated heterocycles. The molecule has 7 rings (SSSR count). The van der Waals surface area contributed by atoms with E-state index in [4.69, 9.17) is 0 Å². The number of hydrogen-bond donors (Lipinski definition) is 1. The SMILES string of the molecule is CC(C(=O)N1C(C#N)CC23CC12C3)C12CC3CC(CC(O)(C3)C1)C2. The molecule has 0 spiro atoms. The van der Waals surface area contributed by atoms with E-state index in [2.05, 4.69) is 13.0 Å². The van der Waals surface area contributed by atoms with Crippen LogP contribution in [0.5, 0.6) is 0 Å². The summed E-state index contributed by atoms with van der Waals surface area (Å²) >= 11 is 0. The summed E-state index contributed by atoms with van der Waals surface area (Å²) in [5.74, 6) is 1.40. The lowest BCUT2D eigenvalue weighted by Gasteiger charge is -2.62. The number of rotatable bonds is 2. The predicted molar refractivity (Wildman–Crippen MR) is 86.5 cm³/mol. The molecule has 4 atom stereocenters. The lowest BCUT2D eigenvalue weighted by molar-refractivity contribution is -0.187. The van der Waals surface area contributed by atoms with Crippen molar-refractivity contribution in [1.29, 1.82) is 5.26 Å². The molecule has 1 N–H and O–H groups in total. The minimum Gasteiger partial charge on any atom is -0.390 e. The van der Waals surface area contributed by atoms with E-state index < -0.39 is 5.60 Å². The third-order valence-electron chi connectivity index (χ3n) is 9.11. The number of nitriles is 1. The fourth-order valence-electron chi connectivity index (χ4n) is 8.23. The van der Waals surface area contributed by atoms with Crippen molar-refractivity contribution in [2.24, 2.45) is 28.6 Å². The third-order valence-corrected chi connectivity index (χ3v) is 9.11. The van der Waals surface area contributed by atoms with Gasteiger partial charge in [0.2, 0.25) is 5.91 Å². The van der Waals surface area contributed by atoms with E-state index in [0.717, 1.165) is 51.4 Å². The van der Waals surface area contributed by atoms with Gasteiger partial charge in [-0.2, -0.15) is 5.26 Å². The zero-order chi connectivity index (χ0) is 16.5. The first-order valence-corrected chi connectivity index (χ1v) is 9.80.